The van der Waals surface area contributed by atoms with Crippen LogP contribution in [0.3, 0.4) is 0 Å². The third kappa shape index (κ3) is 3.14. The number of nitrogens with zero attached hydrogens (tertiary/aromatic N) is 2. The smallest absolute Gasteiger partial charge is 0.237 e. The van der Waals surface area contributed by atoms with Crippen LogP contribution in [0, 0.1) is 0 Å². The van der Waals surface area contributed by atoms with Gasteiger partial charge in [0.25, 0.3) is 0 Å². The summed E-state index contributed by atoms with van der Waals surface area (Å²) in [6.07, 6.45) is 0. The fraction of sp³-hybridized carbons (Fsp3) is 0.176. The van der Waals surface area contributed by atoms with Gasteiger partial charge in [0.2, 0.25) is 11.9 Å². The average Bonchev–Trinajstić information content (AvgIpc) is 2.91. The van der Waals surface area contributed by atoms with E-state index in [9.17, 15) is 4.79 Å². The predicted molar refractivity (Wildman–Crippen MR) is 91.2 cm³/mol. The van der Waals surface area contributed by atoms with Crippen molar-refractivity contribution in [2.24, 2.45) is 0 Å². The Morgan fingerprint density at radius 1 is 1.14 bits per heavy atom. The van der Waals surface area contributed by atoms with E-state index in [0.717, 1.165) is 22.5 Å². The summed E-state index contributed by atoms with van der Waals surface area (Å²) in [6, 6.07) is 17.8. The van der Waals surface area contributed by atoms with Gasteiger partial charge in [-0.1, -0.05) is 30.3 Å². The second kappa shape index (κ2) is 6.66. The molecule has 0 aliphatic heterocycles. The second-order valence-electron chi connectivity index (χ2n) is 4.82. The minimum atomic E-state index is -0.0427. The van der Waals surface area contributed by atoms with Gasteiger partial charge in [-0.25, -0.2) is 4.98 Å². The zero-order chi connectivity index (χ0) is 15.4. The number of carbonyl (C=O) groups excluding carboxylic acids is 1. The van der Waals surface area contributed by atoms with E-state index in [2.05, 4.69) is 10.3 Å². The quantitative estimate of drug-likeness (QED) is 0.729. The number of hydrogen-bond acceptors (Lipinski definition) is 3. The third-order valence-corrected chi connectivity index (χ3v) is 4.35. The van der Waals surface area contributed by atoms with Crippen LogP contribution in [-0.2, 0) is 11.3 Å². The largest absolute Gasteiger partial charge is 0.310 e. The molecule has 0 spiro atoms. The molecule has 0 aliphatic rings. The number of para-hydroxylation sites is 2. The number of carbonyl (C=O) groups is 1. The molecule has 112 valence electrons. The van der Waals surface area contributed by atoms with E-state index in [-0.39, 0.29) is 5.91 Å². The Morgan fingerprint density at radius 3 is 2.64 bits per heavy atom. The molecule has 2 aromatic carbocycles. The van der Waals surface area contributed by atoms with Crippen LogP contribution in [0.5, 0.6) is 0 Å². The lowest BCUT2D eigenvalue weighted by atomic mass is 10.3. The molecule has 0 bridgehead atoms. The number of aromatic nitrogens is 2. The van der Waals surface area contributed by atoms with Crippen molar-refractivity contribution >= 4 is 34.7 Å². The van der Waals surface area contributed by atoms with Crippen LogP contribution in [0.4, 0.5) is 5.95 Å². The topological polar surface area (TPSA) is 46.9 Å². The molecule has 0 unspecified atom stereocenters. The van der Waals surface area contributed by atoms with E-state index in [1.54, 1.807) is 0 Å². The molecule has 3 aromatic rings. The summed E-state index contributed by atoms with van der Waals surface area (Å²) < 4.78 is 2.01. The van der Waals surface area contributed by atoms with Crippen molar-refractivity contribution < 1.29 is 4.79 Å². The van der Waals surface area contributed by atoms with Crippen molar-refractivity contribution in [1.82, 2.24) is 9.55 Å². The molecule has 0 radical (unpaired) electrons. The van der Waals surface area contributed by atoms with Crippen LogP contribution in [0.15, 0.2) is 59.5 Å². The number of benzene rings is 2. The van der Waals surface area contributed by atoms with Gasteiger partial charge < -0.3 is 4.57 Å². The minimum Gasteiger partial charge on any atom is -0.310 e. The molecule has 1 N–H and O–H groups in total. The zero-order valence-electron chi connectivity index (χ0n) is 12.3. The van der Waals surface area contributed by atoms with E-state index in [1.165, 1.54) is 11.8 Å². The molecule has 0 atom stereocenters. The molecular weight excluding hydrogens is 294 g/mol. The monoisotopic (exact) mass is 311 g/mol. The molecule has 3 rings (SSSR count). The maximum absolute atomic E-state index is 12.1. The fourth-order valence-electron chi connectivity index (χ4n) is 2.32. The minimum absolute atomic E-state index is 0.0427. The lowest BCUT2D eigenvalue weighted by Gasteiger charge is -2.07. The molecule has 1 aromatic heterocycles. The highest BCUT2D eigenvalue weighted by atomic mass is 32.2. The number of fused-ring (bicyclic) bond motifs is 1. The highest BCUT2D eigenvalue weighted by molar-refractivity contribution is 8.00. The number of rotatable bonds is 5. The van der Waals surface area contributed by atoms with Crippen molar-refractivity contribution in [3.8, 4) is 0 Å². The Kier molecular flexibility index (Phi) is 4.44. The maximum Gasteiger partial charge on any atom is 0.237 e. The Hall–Kier alpha value is -2.27. The number of hydrogen-bond donors (Lipinski definition) is 1. The summed E-state index contributed by atoms with van der Waals surface area (Å²) in [6.45, 7) is 2.81. The van der Waals surface area contributed by atoms with Gasteiger partial charge in [0.05, 0.1) is 16.8 Å². The third-order valence-electron chi connectivity index (χ3n) is 3.34. The van der Waals surface area contributed by atoms with Gasteiger partial charge in [0.1, 0.15) is 0 Å². The van der Waals surface area contributed by atoms with Crippen LogP contribution in [0.25, 0.3) is 11.0 Å². The second-order valence-corrected chi connectivity index (χ2v) is 5.87. The highest BCUT2D eigenvalue weighted by Gasteiger charge is 2.12. The number of amides is 1. The molecule has 0 saturated carbocycles. The average molecular weight is 311 g/mol. The molecule has 22 heavy (non-hydrogen) atoms. The van der Waals surface area contributed by atoms with Crippen LogP contribution < -0.4 is 5.32 Å². The fourth-order valence-corrected chi connectivity index (χ4v) is 3.04. The first kappa shape index (κ1) is 14.7. The Balaban J connectivity index is 1.71. The first-order valence-corrected chi connectivity index (χ1v) is 8.19. The maximum atomic E-state index is 12.1. The van der Waals surface area contributed by atoms with Crippen LogP contribution in [0.2, 0.25) is 0 Å². The molecule has 0 aliphatic carbocycles. The molecule has 0 saturated heterocycles. The summed E-state index contributed by atoms with van der Waals surface area (Å²) in [5.74, 6) is 0.943. The predicted octanol–water partition coefficient (Wildman–Crippen LogP) is 3.79. The molecule has 1 amide bonds. The Bertz CT molecular complexity index is 783. The summed E-state index contributed by atoms with van der Waals surface area (Å²) in [5.41, 5.74) is 1.94. The SMILES string of the molecule is CCn1c(NC(=O)CSc2ccccc2)nc2ccccc21. The standard InChI is InChI=1S/C17H17N3OS/c1-2-20-15-11-7-6-10-14(15)18-17(20)19-16(21)12-22-13-8-4-3-5-9-13/h3-11H,2,12H2,1H3,(H,18,19,21). The van der Waals surface area contributed by atoms with Gasteiger partial charge in [-0.15, -0.1) is 11.8 Å². The van der Waals surface area contributed by atoms with Crippen molar-refractivity contribution in [2.45, 2.75) is 18.4 Å². The first-order valence-electron chi connectivity index (χ1n) is 7.21. The molecule has 5 heteroatoms. The molecule has 0 fully saturated rings. The summed E-state index contributed by atoms with van der Waals surface area (Å²) in [7, 11) is 0. The van der Waals surface area contributed by atoms with E-state index >= 15 is 0 Å². The highest BCUT2D eigenvalue weighted by Crippen LogP contribution is 2.21. The van der Waals surface area contributed by atoms with Crippen molar-refractivity contribution in [3.63, 3.8) is 0 Å². The van der Waals surface area contributed by atoms with Crippen LogP contribution in [0.1, 0.15) is 6.92 Å². The van der Waals surface area contributed by atoms with Crippen LogP contribution in [-0.4, -0.2) is 21.2 Å². The van der Waals surface area contributed by atoms with E-state index in [0.29, 0.717) is 11.7 Å². The number of thioether (sulfide) groups is 1. The first-order chi connectivity index (χ1) is 10.8. The van der Waals surface area contributed by atoms with E-state index in [4.69, 9.17) is 0 Å². The Labute approximate surface area is 133 Å². The van der Waals surface area contributed by atoms with Gasteiger partial charge in [0.15, 0.2) is 0 Å². The lowest BCUT2D eigenvalue weighted by Crippen LogP contribution is -2.17. The van der Waals surface area contributed by atoms with Crippen molar-refractivity contribution in [2.75, 3.05) is 11.1 Å². The Morgan fingerprint density at radius 2 is 1.86 bits per heavy atom. The normalized spacial score (nSPS) is 10.8. The summed E-state index contributed by atoms with van der Waals surface area (Å²) in [4.78, 5) is 17.7. The number of anilines is 1. The van der Waals surface area contributed by atoms with E-state index in [1.807, 2.05) is 66.1 Å². The lowest BCUT2D eigenvalue weighted by molar-refractivity contribution is -0.113. The van der Waals surface area contributed by atoms with Crippen molar-refractivity contribution in [3.05, 3.63) is 54.6 Å². The van der Waals surface area contributed by atoms with E-state index < -0.39 is 0 Å². The zero-order valence-corrected chi connectivity index (χ0v) is 13.1. The van der Waals surface area contributed by atoms with Crippen molar-refractivity contribution in [1.29, 1.82) is 0 Å². The molecular formula is C17H17N3OS. The van der Waals surface area contributed by atoms with Gasteiger partial charge in [0, 0.05) is 11.4 Å². The number of imidazole rings is 1. The van der Waals surface area contributed by atoms with Gasteiger partial charge in [-0.3, -0.25) is 10.1 Å². The number of aryl methyl sites for hydroxylation is 1. The number of nitrogens with one attached hydrogen (secondary N) is 1. The van der Waals surface area contributed by atoms with Gasteiger partial charge in [-0.05, 0) is 31.2 Å². The van der Waals surface area contributed by atoms with Crippen LogP contribution >= 0.6 is 11.8 Å². The summed E-state index contributed by atoms with van der Waals surface area (Å²) >= 11 is 1.52. The molecule has 1 heterocycles. The summed E-state index contributed by atoms with van der Waals surface area (Å²) in [5, 5.41) is 2.91. The van der Waals surface area contributed by atoms with Gasteiger partial charge >= 0.3 is 0 Å². The van der Waals surface area contributed by atoms with Gasteiger partial charge in [-0.2, -0.15) is 0 Å². The molecule has 4 nitrogen and oxygen atoms in total.